The molecular formula is C16H22F2N4O2S. The number of guanidine groups is 1. The molecule has 0 spiro atoms. The van der Waals surface area contributed by atoms with Crippen molar-refractivity contribution < 1.29 is 17.7 Å². The van der Waals surface area contributed by atoms with Crippen molar-refractivity contribution in [3.63, 3.8) is 0 Å². The van der Waals surface area contributed by atoms with Crippen LogP contribution in [0.1, 0.15) is 6.92 Å². The lowest BCUT2D eigenvalue weighted by Crippen LogP contribution is -2.52. The van der Waals surface area contributed by atoms with Crippen LogP contribution in [-0.4, -0.2) is 76.7 Å². The van der Waals surface area contributed by atoms with Gasteiger partial charge in [0.05, 0.1) is 18.0 Å². The highest BCUT2D eigenvalue weighted by atomic mass is 32.2. The molecule has 0 amide bonds. The van der Waals surface area contributed by atoms with Crippen LogP contribution in [0.4, 0.5) is 8.78 Å². The van der Waals surface area contributed by atoms with Crippen LogP contribution < -0.4 is 4.74 Å². The van der Waals surface area contributed by atoms with Gasteiger partial charge in [-0.15, -0.1) is 0 Å². The maximum absolute atomic E-state index is 12.9. The van der Waals surface area contributed by atoms with Crippen molar-refractivity contribution >= 4 is 16.9 Å². The van der Waals surface area contributed by atoms with Crippen molar-refractivity contribution in [2.24, 2.45) is 4.99 Å². The third kappa shape index (κ3) is 4.27. The fraction of sp³-hybridized carbons (Fsp3) is 0.562. The van der Waals surface area contributed by atoms with Gasteiger partial charge < -0.3 is 14.5 Å². The molecule has 0 radical (unpaired) electrons. The molecule has 0 bridgehead atoms. The third-order valence-electron chi connectivity index (χ3n) is 4.31. The highest BCUT2D eigenvalue weighted by molar-refractivity contribution is 7.83. The van der Waals surface area contributed by atoms with Crippen molar-refractivity contribution in [3.05, 3.63) is 24.3 Å². The lowest BCUT2D eigenvalue weighted by Gasteiger charge is -2.37. The minimum atomic E-state index is -2.90. The quantitative estimate of drug-likeness (QED) is 0.788. The van der Waals surface area contributed by atoms with Gasteiger partial charge in [0.1, 0.15) is 5.75 Å². The van der Waals surface area contributed by atoms with Crippen LogP contribution in [0.3, 0.4) is 0 Å². The van der Waals surface area contributed by atoms with Crippen LogP contribution in [-0.2, 0) is 11.0 Å². The fourth-order valence-electron chi connectivity index (χ4n) is 2.98. The summed E-state index contributed by atoms with van der Waals surface area (Å²) in [7, 11) is -1.50. The minimum Gasteiger partial charge on any atom is -0.435 e. The standard InChI is InChI=1S/C16H22F2N4O2S/c1-2-20-8-10-21(11-9-20)16-19-6-7-22(16)25(23)14-5-3-4-13(12-14)24-15(17)18/h3-5,12,15H,2,6-11H2,1H3. The normalized spacial score (nSPS) is 20.1. The average molecular weight is 372 g/mol. The van der Waals surface area contributed by atoms with Gasteiger partial charge in [0.25, 0.3) is 0 Å². The van der Waals surface area contributed by atoms with Crippen LogP contribution in [0, 0.1) is 0 Å². The molecule has 25 heavy (non-hydrogen) atoms. The lowest BCUT2D eigenvalue weighted by atomic mass is 10.3. The molecule has 1 saturated heterocycles. The summed E-state index contributed by atoms with van der Waals surface area (Å²) in [6.45, 7) is 4.98. The molecule has 138 valence electrons. The van der Waals surface area contributed by atoms with Crippen LogP contribution in [0.2, 0.25) is 0 Å². The summed E-state index contributed by atoms with van der Waals surface area (Å²) < 4.78 is 43.8. The van der Waals surface area contributed by atoms with Crippen LogP contribution in [0.15, 0.2) is 34.2 Å². The Kier molecular flexibility index (Phi) is 5.85. The van der Waals surface area contributed by atoms with Gasteiger partial charge in [-0.25, -0.2) is 4.21 Å². The van der Waals surface area contributed by atoms with Crippen LogP contribution in [0.5, 0.6) is 5.75 Å². The van der Waals surface area contributed by atoms with Gasteiger partial charge >= 0.3 is 6.61 Å². The zero-order chi connectivity index (χ0) is 17.8. The maximum atomic E-state index is 12.9. The van der Waals surface area contributed by atoms with Gasteiger partial charge in [0.2, 0.25) is 5.96 Å². The van der Waals surface area contributed by atoms with E-state index in [4.69, 9.17) is 0 Å². The number of benzene rings is 1. The molecule has 2 heterocycles. The largest absolute Gasteiger partial charge is 0.435 e. The third-order valence-corrected chi connectivity index (χ3v) is 5.72. The minimum absolute atomic E-state index is 0.00935. The highest BCUT2D eigenvalue weighted by Crippen LogP contribution is 2.22. The van der Waals surface area contributed by atoms with Gasteiger partial charge in [-0.2, -0.15) is 8.78 Å². The summed E-state index contributed by atoms with van der Waals surface area (Å²) >= 11 is 0. The Balaban J connectivity index is 1.70. The Bertz CT molecular complexity index is 651. The molecule has 2 aliphatic rings. The Morgan fingerprint density at radius 2 is 2.00 bits per heavy atom. The molecule has 3 rings (SSSR count). The molecule has 6 nitrogen and oxygen atoms in total. The first-order valence-electron chi connectivity index (χ1n) is 8.34. The first kappa shape index (κ1) is 18.1. The first-order chi connectivity index (χ1) is 12.1. The number of halogens is 2. The molecular weight excluding hydrogens is 350 g/mol. The van der Waals surface area contributed by atoms with E-state index in [9.17, 15) is 13.0 Å². The number of nitrogens with zero attached hydrogens (tertiary/aromatic N) is 4. The van der Waals surface area contributed by atoms with E-state index in [1.165, 1.54) is 12.1 Å². The second kappa shape index (κ2) is 8.09. The van der Waals surface area contributed by atoms with Gasteiger partial charge in [-0.3, -0.25) is 9.30 Å². The van der Waals surface area contributed by atoms with Gasteiger partial charge in [0, 0.05) is 26.2 Å². The van der Waals surface area contributed by atoms with Crippen LogP contribution >= 0.6 is 0 Å². The van der Waals surface area contributed by atoms with E-state index in [1.54, 1.807) is 16.4 Å². The van der Waals surface area contributed by atoms with Crippen molar-refractivity contribution in [2.75, 3.05) is 45.8 Å². The van der Waals surface area contributed by atoms with Crippen molar-refractivity contribution in [2.45, 2.75) is 18.4 Å². The van der Waals surface area contributed by atoms with E-state index in [1.807, 2.05) is 0 Å². The molecule has 0 aromatic heterocycles. The summed E-state index contributed by atoms with van der Waals surface area (Å²) in [5.41, 5.74) is 0. The zero-order valence-electron chi connectivity index (χ0n) is 14.1. The Morgan fingerprint density at radius 1 is 1.24 bits per heavy atom. The molecule has 1 aromatic carbocycles. The van der Waals surface area contributed by atoms with E-state index in [2.05, 4.69) is 26.5 Å². The second-order valence-corrected chi connectivity index (χ2v) is 7.22. The van der Waals surface area contributed by atoms with E-state index in [0.29, 0.717) is 18.0 Å². The van der Waals surface area contributed by atoms with E-state index in [0.717, 1.165) is 38.7 Å². The Hall–Kier alpha value is -1.74. The number of aliphatic imine (C=N–C) groups is 1. The predicted octanol–water partition coefficient (Wildman–Crippen LogP) is 1.62. The van der Waals surface area contributed by atoms with Gasteiger partial charge in [-0.1, -0.05) is 13.0 Å². The average Bonchev–Trinajstić information content (AvgIpc) is 3.10. The summed E-state index contributed by atoms with van der Waals surface area (Å²) in [6.07, 6.45) is 0. The van der Waals surface area contributed by atoms with Crippen molar-refractivity contribution in [3.8, 4) is 5.75 Å². The summed E-state index contributed by atoms with van der Waals surface area (Å²) in [5.74, 6) is 0.740. The number of hydrogen-bond donors (Lipinski definition) is 0. The smallest absolute Gasteiger partial charge is 0.387 e. The number of alkyl halides is 2. The second-order valence-electron chi connectivity index (χ2n) is 5.81. The van der Waals surface area contributed by atoms with Crippen molar-refractivity contribution in [1.82, 2.24) is 14.1 Å². The molecule has 0 saturated carbocycles. The Labute approximate surface area is 148 Å². The maximum Gasteiger partial charge on any atom is 0.387 e. The number of ether oxygens (including phenoxy) is 1. The zero-order valence-corrected chi connectivity index (χ0v) is 14.9. The van der Waals surface area contributed by atoms with Crippen molar-refractivity contribution in [1.29, 1.82) is 0 Å². The molecule has 1 fully saturated rings. The van der Waals surface area contributed by atoms with Gasteiger partial charge in [0.15, 0.2) is 11.0 Å². The topological polar surface area (TPSA) is 48.4 Å². The van der Waals surface area contributed by atoms with Crippen LogP contribution in [0.25, 0.3) is 0 Å². The highest BCUT2D eigenvalue weighted by Gasteiger charge is 2.30. The number of hydrogen-bond acceptors (Lipinski definition) is 5. The monoisotopic (exact) mass is 372 g/mol. The van der Waals surface area contributed by atoms with E-state index < -0.39 is 17.6 Å². The fourth-order valence-corrected chi connectivity index (χ4v) is 4.22. The number of rotatable bonds is 5. The molecule has 9 heteroatoms. The molecule has 1 aromatic rings. The first-order valence-corrected chi connectivity index (χ1v) is 9.45. The summed E-state index contributed by atoms with van der Waals surface area (Å²) in [4.78, 5) is 9.45. The number of piperazine rings is 1. The van der Waals surface area contributed by atoms with Gasteiger partial charge in [-0.05, 0) is 24.7 Å². The molecule has 0 N–H and O–H groups in total. The lowest BCUT2D eigenvalue weighted by molar-refractivity contribution is -0.0499. The summed E-state index contributed by atoms with van der Waals surface area (Å²) in [6, 6.07) is 6.04. The molecule has 2 aliphatic heterocycles. The molecule has 1 atom stereocenters. The molecule has 1 unspecified atom stereocenters. The number of likely N-dealkylation sites (N-methyl/N-ethyl adjacent to an activating group) is 1. The predicted molar refractivity (Wildman–Crippen MR) is 92.2 cm³/mol. The van der Waals surface area contributed by atoms with E-state index in [-0.39, 0.29) is 5.75 Å². The van der Waals surface area contributed by atoms with E-state index >= 15 is 0 Å². The molecule has 0 aliphatic carbocycles. The Morgan fingerprint density at radius 3 is 2.68 bits per heavy atom. The summed E-state index contributed by atoms with van der Waals surface area (Å²) in [5, 5.41) is 0. The SMILES string of the molecule is CCN1CCN(C2=NCCN2S(=O)c2cccc(OC(F)F)c2)CC1.